The normalized spacial score (nSPS) is 11.4. The lowest BCUT2D eigenvalue weighted by atomic mass is 9.86. The van der Waals surface area contributed by atoms with Crippen LogP contribution in [0.5, 0.6) is 17.2 Å². The third-order valence-electron chi connectivity index (χ3n) is 9.00. The summed E-state index contributed by atoms with van der Waals surface area (Å²) in [5.41, 5.74) is 11.2. The first-order chi connectivity index (χ1) is 23.0. The molecule has 0 aliphatic carbocycles. The molecule has 0 radical (unpaired) electrons. The average Bonchev–Trinajstić information content (AvgIpc) is 3.70. The minimum atomic E-state index is 0.741. The van der Waals surface area contributed by atoms with Crippen molar-refractivity contribution in [3.8, 4) is 39.9 Å². The number of para-hydroxylation sites is 1. The van der Waals surface area contributed by atoms with Crippen LogP contribution in [0.2, 0.25) is 0 Å². The molecule has 3 heterocycles. The Hall–Kier alpha value is -5.36. The number of pyridine rings is 1. The number of nitrogens with zero attached hydrogens (tertiary/aromatic N) is 4. The Balaban J connectivity index is 1.25. The highest BCUT2D eigenvalue weighted by molar-refractivity contribution is 6.09. The maximum atomic E-state index is 6.51. The molecule has 236 valence electrons. The SMILES string of the molecule is CCCc1c(C)cc(C)c(CCC)c1-c1cnn(-c2cccc(Oc3ccc4c5ccccc5n(-c5cc(OC)ccn5)c4c3)c2)c1. The molecule has 0 aliphatic rings. The molecule has 3 aromatic heterocycles. The highest BCUT2D eigenvalue weighted by atomic mass is 16.5. The second kappa shape index (κ2) is 12.8. The van der Waals surface area contributed by atoms with Gasteiger partial charge in [0.05, 0.1) is 30.0 Å². The Labute approximate surface area is 276 Å². The third-order valence-corrected chi connectivity index (χ3v) is 9.00. The van der Waals surface area contributed by atoms with Gasteiger partial charge in [0.1, 0.15) is 23.1 Å². The molecule has 0 N–H and O–H groups in total. The molecule has 0 saturated heterocycles. The first kappa shape index (κ1) is 30.3. The van der Waals surface area contributed by atoms with E-state index in [-0.39, 0.29) is 0 Å². The second-order valence-corrected chi connectivity index (χ2v) is 12.2. The van der Waals surface area contributed by atoms with E-state index in [2.05, 4.69) is 92.0 Å². The van der Waals surface area contributed by atoms with Gasteiger partial charge in [0.15, 0.2) is 0 Å². The smallest absolute Gasteiger partial charge is 0.141 e. The van der Waals surface area contributed by atoms with Crippen LogP contribution in [0, 0.1) is 13.8 Å². The summed E-state index contributed by atoms with van der Waals surface area (Å²) in [4.78, 5) is 4.69. The van der Waals surface area contributed by atoms with Gasteiger partial charge in [0, 0.05) is 46.9 Å². The molecular weight excluding hydrogens is 580 g/mol. The summed E-state index contributed by atoms with van der Waals surface area (Å²) in [5.74, 6) is 3.03. The fourth-order valence-corrected chi connectivity index (χ4v) is 6.90. The van der Waals surface area contributed by atoms with E-state index in [1.165, 1.54) is 33.4 Å². The van der Waals surface area contributed by atoms with Crippen molar-refractivity contribution < 1.29 is 9.47 Å². The summed E-state index contributed by atoms with van der Waals surface area (Å²) in [6.07, 6.45) is 10.3. The Kier molecular flexibility index (Phi) is 8.25. The van der Waals surface area contributed by atoms with Crippen molar-refractivity contribution in [3.05, 3.63) is 126 Å². The number of aryl methyl sites for hydroxylation is 2. The zero-order valence-electron chi connectivity index (χ0n) is 27.7. The van der Waals surface area contributed by atoms with Crippen molar-refractivity contribution in [1.29, 1.82) is 0 Å². The summed E-state index contributed by atoms with van der Waals surface area (Å²) in [6, 6.07) is 28.9. The van der Waals surface area contributed by atoms with Gasteiger partial charge in [0.2, 0.25) is 0 Å². The molecule has 0 aliphatic heterocycles. The summed E-state index contributed by atoms with van der Waals surface area (Å²) < 4.78 is 16.1. The van der Waals surface area contributed by atoms with E-state index in [4.69, 9.17) is 14.6 Å². The molecule has 6 heteroatoms. The third kappa shape index (κ3) is 5.65. The maximum absolute atomic E-state index is 6.51. The van der Waals surface area contributed by atoms with Crippen LogP contribution >= 0.6 is 0 Å². The lowest BCUT2D eigenvalue weighted by molar-refractivity contribution is 0.414. The first-order valence-electron chi connectivity index (χ1n) is 16.5. The number of methoxy groups -OCH3 is 1. The number of fused-ring (bicyclic) bond motifs is 3. The molecule has 7 aromatic rings. The highest BCUT2D eigenvalue weighted by Crippen LogP contribution is 2.37. The van der Waals surface area contributed by atoms with Gasteiger partial charge in [-0.15, -0.1) is 0 Å². The lowest BCUT2D eigenvalue weighted by Gasteiger charge is -2.19. The number of hydrogen-bond acceptors (Lipinski definition) is 4. The summed E-state index contributed by atoms with van der Waals surface area (Å²) >= 11 is 0. The quantitative estimate of drug-likeness (QED) is 0.153. The Morgan fingerprint density at radius 2 is 1.45 bits per heavy atom. The van der Waals surface area contributed by atoms with Gasteiger partial charge >= 0.3 is 0 Å². The number of ether oxygens (including phenoxy) is 2. The van der Waals surface area contributed by atoms with Crippen LogP contribution in [0.25, 0.3) is 44.4 Å². The van der Waals surface area contributed by atoms with Crippen molar-refractivity contribution in [2.45, 2.75) is 53.4 Å². The van der Waals surface area contributed by atoms with Gasteiger partial charge in [0.25, 0.3) is 0 Å². The topological polar surface area (TPSA) is 54.1 Å². The largest absolute Gasteiger partial charge is 0.497 e. The minimum absolute atomic E-state index is 0.741. The summed E-state index contributed by atoms with van der Waals surface area (Å²) in [6.45, 7) is 8.99. The molecule has 0 saturated carbocycles. The Morgan fingerprint density at radius 1 is 0.702 bits per heavy atom. The van der Waals surface area contributed by atoms with Crippen molar-refractivity contribution >= 4 is 21.8 Å². The predicted octanol–water partition coefficient (Wildman–Crippen LogP) is 10.4. The van der Waals surface area contributed by atoms with Gasteiger partial charge in [-0.3, -0.25) is 4.57 Å². The van der Waals surface area contributed by atoms with Gasteiger partial charge in [-0.25, -0.2) is 9.67 Å². The lowest BCUT2D eigenvalue weighted by Crippen LogP contribution is -2.02. The molecule has 0 unspecified atom stereocenters. The number of aromatic nitrogens is 4. The van der Waals surface area contributed by atoms with E-state index in [0.29, 0.717) is 0 Å². The number of benzene rings is 4. The van der Waals surface area contributed by atoms with Gasteiger partial charge < -0.3 is 9.47 Å². The monoisotopic (exact) mass is 620 g/mol. The molecule has 0 fully saturated rings. The molecular formula is C41H40N4O2. The van der Waals surface area contributed by atoms with Crippen molar-refractivity contribution in [2.24, 2.45) is 0 Å². The minimum Gasteiger partial charge on any atom is -0.497 e. The van der Waals surface area contributed by atoms with Gasteiger partial charge in [-0.1, -0.05) is 57.0 Å². The second-order valence-electron chi connectivity index (χ2n) is 12.2. The van der Waals surface area contributed by atoms with Gasteiger partial charge in [-0.05, 0) is 90.9 Å². The van der Waals surface area contributed by atoms with Crippen LogP contribution in [-0.4, -0.2) is 26.4 Å². The van der Waals surface area contributed by atoms with Crippen molar-refractivity contribution in [3.63, 3.8) is 0 Å². The Bertz CT molecular complexity index is 2200. The summed E-state index contributed by atoms with van der Waals surface area (Å²) in [7, 11) is 1.67. The van der Waals surface area contributed by atoms with E-state index < -0.39 is 0 Å². The van der Waals surface area contributed by atoms with E-state index in [1.807, 2.05) is 47.3 Å². The molecule has 0 spiro atoms. The fourth-order valence-electron chi connectivity index (χ4n) is 6.90. The zero-order valence-corrected chi connectivity index (χ0v) is 27.7. The van der Waals surface area contributed by atoms with Crippen LogP contribution in [0.15, 0.2) is 104 Å². The average molecular weight is 621 g/mol. The maximum Gasteiger partial charge on any atom is 0.141 e. The molecule has 6 nitrogen and oxygen atoms in total. The zero-order chi connectivity index (χ0) is 32.5. The van der Waals surface area contributed by atoms with E-state index in [9.17, 15) is 0 Å². The van der Waals surface area contributed by atoms with E-state index >= 15 is 0 Å². The number of rotatable bonds is 10. The van der Waals surface area contributed by atoms with Crippen molar-refractivity contribution in [2.75, 3.05) is 7.11 Å². The van der Waals surface area contributed by atoms with Crippen LogP contribution in [0.1, 0.15) is 48.9 Å². The summed E-state index contributed by atoms with van der Waals surface area (Å²) in [5, 5.41) is 7.12. The van der Waals surface area contributed by atoms with Crippen LogP contribution in [-0.2, 0) is 12.8 Å². The standard InChI is InChI=1S/C41H40N4O2/c1-6-11-34-27(3)21-28(4)35(12-7-2)41(34)29-25-43-44(26-29)30-13-10-14-32(22-30)47-33-17-18-37-36-15-8-9-16-38(36)45(39(37)23-33)40-24-31(46-5)19-20-42-40/h8-10,13-26H,6-7,11-12H2,1-5H3. The van der Waals surface area contributed by atoms with Gasteiger partial charge in [-0.2, -0.15) is 5.10 Å². The van der Waals surface area contributed by atoms with Crippen LogP contribution in [0.4, 0.5) is 0 Å². The highest BCUT2D eigenvalue weighted by Gasteiger charge is 2.18. The molecule has 0 atom stereocenters. The van der Waals surface area contributed by atoms with Crippen LogP contribution in [0.3, 0.4) is 0 Å². The molecule has 4 aromatic carbocycles. The molecule has 0 amide bonds. The molecule has 7 rings (SSSR count). The fraction of sp³-hybridized carbons (Fsp3) is 0.220. The first-order valence-corrected chi connectivity index (χ1v) is 16.5. The molecule has 47 heavy (non-hydrogen) atoms. The van der Waals surface area contributed by atoms with Crippen molar-refractivity contribution in [1.82, 2.24) is 19.3 Å². The Morgan fingerprint density at radius 3 is 2.21 bits per heavy atom. The predicted molar refractivity (Wildman–Crippen MR) is 192 cm³/mol. The molecule has 0 bridgehead atoms. The number of hydrogen-bond donors (Lipinski definition) is 0. The van der Waals surface area contributed by atoms with Crippen LogP contribution < -0.4 is 9.47 Å². The van der Waals surface area contributed by atoms with E-state index in [0.717, 1.165) is 76.2 Å². The van der Waals surface area contributed by atoms with E-state index in [1.54, 1.807) is 13.3 Å².